The van der Waals surface area contributed by atoms with Crippen molar-refractivity contribution in [2.75, 3.05) is 11.1 Å². The zero-order chi connectivity index (χ0) is 25.2. The van der Waals surface area contributed by atoms with Crippen LogP contribution in [0, 0.1) is 6.92 Å². The first kappa shape index (κ1) is 23.7. The normalized spacial score (nSPS) is 11.3. The van der Waals surface area contributed by atoms with Gasteiger partial charge in [-0.1, -0.05) is 12.1 Å². The van der Waals surface area contributed by atoms with Crippen molar-refractivity contribution < 1.29 is 22.8 Å². The van der Waals surface area contributed by atoms with E-state index < -0.39 is 23.6 Å². The number of rotatable bonds is 4. The van der Waals surface area contributed by atoms with E-state index in [1.807, 2.05) is 25.1 Å². The molecule has 0 saturated heterocycles. The number of pyridine rings is 2. The molecule has 0 radical (unpaired) electrons. The summed E-state index contributed by atoms with van der Waals surface area (Å²) in [5, 5.41) is 6.07. The monoisotopic (exact) mass is 479 g/mol. The molecule has 0 aliphatic rings. The Morgan fingerprint density at radius 3 is 2.57 bits per heavy atom. The quantitative estimate of drug-likeness (QED) is 0.296. The number of nitrogens with zero attached hydrogens (tertiary/aromatic N) is 2. The number of carbonyl (C=O) groups excluding carboxylic acids is 2. The predicted octanol–water partition coefficient (Wildman–Crippen LogP) is 4.46. The largest absolute Gasteiger partial charge is 0.416 e. The molecule has 35 heavy (non-hydrogen) atoms. The number of hydrogen-bond acceptors (Lipinski definition) is 5. The molecule has 4 N–H and O–H groups in total. The van der Waals surface area contributed by atoms with E-state index in [0.29, 0.717) is 16.5 Å². The number of nitrogen functional groups attached to an aromatic ring is 1. The minimum Gasteiger partial charge on any atom is -0.398 e. The minimum atomic E-state index is -4.50. The second-order valence-corrected chi connectivity index (χ2v) is 7.88. The maximum absolute atomic E-state index is 12.8. The van der Waals surface area contributed by atoms with Gasteiger partial charge in [0.2, 0.25) is 0 Å². The number of alkyl halides is 3. The van der Waals surface area contributed by atoms with Crippen LogP contribution in [0.3, 0.4) is 0 Å². The maximum atomic E-state index is 12.8. The Morgan fingerprint density at radius 2 is 1.83 bits per heavy atom. The zero-order valence-corrected chi connectivity index (χ0v) is 18.5. The SMILES string of the molecule is Cc1ccncc1-c1cc(N)c2cnc(NC(=O)C(=O)NCc3cccc(C(F)(F)F)c3)cc2c1. The summed E-state index contributed by atoms with van der Waals surface area (Å²) < 4.78 is 38.5. The molecule has 0 aliphatic carbocycles. The molecule has 2 aromatic carbocycles. The van der Waals surface area contributed by atoms with Crippen molar-refractivity contribution in [3.05, 3.63) is 83.8 Å². The summed E-state index contributed by atoms with van der Waals surface area (Å²) in [5.41, 5.74) is 8.80. The average molecular weight is 479 g/mol. The highest BCUT2D eigenvalue weighted by molar-refractivity contribution is 6.39. The Kier molecular flexibility index (Phi) is 6.37. The summed E-state index contributed by atoms with van der Waals surface area (Å²) >= 11 is 0. The van der Waals surface area contributed by atoms with Crippen LogP contribution in [0.2, 0.25) is 0 Å². The molecule has 4 rings (SSSR count). The predicted molar refractivity (Wildman–Crippen MR) is 126 cm³/mol. The van der Waals surface area contributed by atoms with Crippen LogP contribution < -0.4 is 16.4 Å². The number of nitrogens with two attached hydrogens (primary N) is 1. The van der Waals surface area contributed by atoms with Gasteiger partial charge in [0.1, 0.15) is 5.82 Å². The van der Waals surface area contributed by atoms with E-state index in [-0.39, 0.29) is 17.9 Å². The van der Waals surface area contributed by atoms with Gasteiger partial charge in [0.25, 0.3) is 0 Å². The lowest BCUT2D eigenvalue weighted by atomic mass is 9.99. The van der Waals surface area contributed by atoms with Gasteiger partial charge >= 0.3 is 18.0 Å². The van der Waals surface area contributed by atoms with Crippen molar-refractivity contribution in [2.24, 2.45) is 0 Å². The number of anilines is 2. The topological polar surface area (TPSA) is 110 Å². The first-order valence-corrected chi connectivity index (χ1v) is 10.5. The van der Waals surface area contributed by atoms with E-state index in [1.165, 1.54) is 18.3 Å². The number of aryl methyl sites for hydroxylation is 1. The summed E-state index contributed by atoms with van der Waals surface area (Å²) in [5.74, 6) is -1.89. The van der Waals surface area contributed by atoms with Gasteiger partial charge in [0.05, 0.1) is 5.56 Å². The fraction of sp³-hybridized carbons (Fsp3) is 0.120. The highest BCUT2D eigenvalue weighted by Crippen LogP contribution is 2.31. The summed E-state index contributed by atoms with van der Waals surface area (Å²) in [6.45, 7) is 1.71. The van der Waals surface area contributed by atoms with E-state index in [9.17, 15) is 22.8 Å². The Hall–Kier alpha value is -4.47. The number of benzene rings is 2. The van der Waals surface area contributed by atoms with Gasteiger partial charge in [-0.2, -0.15) is 13.2 Å². The van der Waals surface area contributed by atoms with Crippen LogP contribution in [0.5, 0.6) is 0 Å². The molecule has 0 atom stereocenters. The highest BCUT2D eigenvalue weighted by atomic mass is 19.4. The molecule has 0 saturated carbocycles. The molecule has 0 bridgehead atoms. The molecule has 2 heterocycles. The van der Waals surface area contributed by atoms with E-state index in [1.54, 1.807) is 18.5 Å². The fourth-order valence-corrected chi connectivity index (χ4v) is 3.57. The molecular weight excluding hydrogens is 459 g/mol. The lowest BCUT2D eigenvalue weighted by molar-refractivity contribution is -0.137. The highest BCUT2D eigenvalue weighted by Gasteiger charge is 2.30. The van der Waals surface area contributed by atoms with Crippen LogP contribution >= 0.6 is 0 Å². The van der Waals surface area contributed by atoms with Gasteiger partial charge in [0.15, 0.2) is 0 Å². The van der Waals surface area contributed by atoms with Gasteiger partial charge < -0.3 is 16.4 Å². The summed E-state index contributed by atoms with van der Waals surface area (Å²) in [4.78, 5) is 32.8. The zero-order valence-electron chi connectivity index (χ0n) is 18.5. The average Bonchev–Trinajstić information content (AvgIpc) is 2.82. The second-order valence-electron chi connectivity index (χ2n) is 7.88. The number of fused-ring (bicyclic) bond motifs is 1. The van der Waals surface area contributed by atoms with Crippen LogP contribution in [0.4, 0.5) is 24.7 Å². The Labute approximate surface area is 198 Å². The van der Waals surface area contributed by atoms with Crippen LogP contribution in [-0.2, 0) is 22.3 Å². The number of amides is 2. The van der Waals surface area contributed by atoms with Gasteiger partial charge in [-0.15, -0.1) is 0 Å². The van der Waals surface area contributed by atoms with Crippen molar-refractivity contribution in [1.29, 1.82) is 0 Å². The third-order valence-electron chi connectivity index (χ3n) is 5.37. The van der Waals surface area contributed by atoms with E-state index in [4.69, 9.17) is 5.73 Å². The molecule has 4 aromatic rings. The molecule has 2 amide bonds. The molecule has 2 aromatic heterocycles. The minimum absolute atomic E-state index is 0.121. The van der Waals surface area contributed by atoms with E-state index >= 15 is 0 Å². The van der Waals surface area contributed by atoms with Crippen molar-refractivity contribution >= 4 is 34.1 Å². The van der Waals surface area contributed by atoms with E-state index in [2.05, 4.69) is 20.6 Å². The van der Waals surface area contributed by atoms with Crippen molar-refractivity contribution in [3.8, 4) is 11.1 Å². The summed E-state index contributed by atoms with van der Waals surface area (Å²) in [7, 11) is 0. The van der Waals surface area contributed by atoms with Crippen LogP contribution in [0.15, 0.2) is 67.1 Å². The Balaban J connectivity index is 1.48. The molecule has 0 spiro atoms. The van der Waals surface area contributed by atoms with Gasteiger partial charge in [-0.25, -0.2) is 4.98 Å². The summed E-state index contributed by atoms with van der Waals surface area (Å²) in [6, 6.07) is 11.6. The van der Waals surface area contributed by atoms with Crippen LogP contribution in [-0.4, -0.2) is 21.8 Å². The van der Waals surface area contributed by atoms with Crippen molar-refractivity contribution in [1.82, 2.24) is 15.3 Å². The van der Waals surface area contributed by atoms with Crippen LogP contribution in [0.25, 0.3) is 21.9 Å². The number of halogens is 3. The number of hydrogen-bond donors (Lipinski definition) is 3. The van der Waals surface area contributed by atoms with Crippen molar-refractivity contribution in [2.45, 2.75) is 19.6 Å². The molecule has 0 unspecified atom stereocenters. The van der Waals surface area contributed by atoms with Crippen LogP contribution in [0.1, 0.15) is 16.7 Å². The molecule has 0 aliphatic heterocycles. The van der Waals surface area contributed by atoms with Gasteiger partial charge in [0, 0.05) is 41.8 Å². The number of aromatic nitrogens is 2. The Bertz CT molecular complexity index is 1440. The van der Waals surface area contributed by atoms with Crippen molar-refractivity contribution in [3.63, 3.8) is 0 Å². The lowest BCUT2D eigenvalue weighted by Gasteiger charge is -2.11. The second kappa shape index (κ2) is 9.41. The van der Waals surface area contributed by atoms with Gasteiger partial charge in [-0.3, -0.25) is 14.6 Å². The molecule has 178 valence electrons. The Morgan fingerprint density at radius 1 is 1.03 bits per heavy atom. The third-order valence-corrected chi connectivity index (χ3v) is 5.37. The fourth-order valence-electron chi connectivity index (χ4n) is 3.57. The lowest BCUT2D eigenvalue weighted by Crippen LogP contribution is -2.35. The van der Waals surface area contributed by atoms with E-state index in [0.717, 1.165) is 28.8 Å². The summed E-state index contributed by atoms with van der Waals surface area (Å²) in [6.07, 6.45) is 0.409. The maximum Gasteiger partial charge on any atom is 0.416 e. The molecular formula is C25H20F3N5O2. The molecule has 10 heteroatoms. The third kappa shape index (κ3) is 5.37. The van der Waals surface area contributed by atoms with Gasteiger partial charge in [-0.05, 0) is 65.4 Å². The first-order chi connectivity index (χ1) is 16.6. The smallest absolute Gasteiger partial charge is 0.398 e. The molecule has 0 fully saturated rings. The first-order valence-electron chi connectivity index (χ1n) is 10.5. The standard InChI is InChI=1S/C25H20F3N5O2/c1-14-5-6-30-12-19(14)16-8-17-10-22(31-13-20(17)21(29)9-16)33-24(35)23(34)32-11-15-3-2-4-18(7-15)25(26,27)28/h2-10,12-13H,11,29H2,1H3,(H,32,34)(H,31,33,35). The number of carbonyl (C=O) groups is 2. The number of nitrogens with one attached hydrogen (secondary N) is 2. The molecule has 7 nitrogen and oxygen atoms in total.